The lowest BCUT2D eigenvalue weighted by atomic mass is 9.87. The summed E-state index contributed by atoms with van der Waals surface area (Å²) in [5, 5.41) is 0.432. The molecule has 2 nitrogen and oxygen atoms in total. The Morgan fingerprint density at radius 2 is 2.13 bits per heavy atom. The van der Waals surface area contributed by atoms with Gasteiger partial charge in [-0.1, -0.05) is 33.1 Å². The van der Waals surface area contributed by atoms with Crippen molar-refractivity contribution < 1.29 is 4.21 Å². The van der Waals surface area contributed by atoms with Crippen molar-refractivity contribution in [3.8, 4) is 0 Å². The summed E-state index contributed by atoms with van der Waals surface area (Å²) in [6, 6.07) is 0.132. The second-order valence-corrected chi connectivity index (χ2v) is 6.54. The van der Waals surface area contributed by atoms with Crippen LogP contribution in [-0.2, 0) is 10.8 Å². The fourth-order valence-electron chi connectivity index (χ4n) is 2.32. The van der Waals surface area contributed by atoms with Crippen LogP contribution in [0.2, 0.25) is 0 Å². The first-order chi connectivity index (χ1) is 7.17. The Hall–Kier alpha value is 0.110. The molecule has 0 aromatic carbocycles. The lowest BCUT2D eigenvalue weighted by Crippen LogP contribution is -2.33. The monoisotopic (exact) mass is 231 g/mol. The Balaban J connectivity index is 2.38. The second-order valence-electron chi connectivity index (χ2n) is 4.78. The zero-order valence-electron chi connectivity index (χ0n) is 10.1. The molecule has 90 valence electrons. The van der Waals surface area contributed by atoms with Crippen molar-refractivity contribution in [3.63, 3.8) is 0 Å². The van der Waals surface area contributed by atoms with Gasteiger partial charge in [0.05, 0.1) is 0 Å². The molecule has 2 N–H and O–H groups in total. The minimum atomic E-state index is -0.684. The summed E-state index contributed by atoms with van der Waals surface area (Å²) in [7, 11) is -0.684. The molecule has 0 aromatic heterocycles. The van der Waals surface area contributed by atoms with Gasteiger partial charge in [-0.3, -0.25) is 4.21 Å². The van der Waals surface area contributed by atoms with Crippen molar-refractivity contribution >= 4 is 10.8 Å². The second kappa shape index (κ2) is 6.64. The smallest absolute Gasteiger partial charge is 0.0389 e. The molecule has 1 aliphatic rings. The molecule has 3 heteroatoms. The molecule has 1 rings (SSSR count). The highest BCUT2D eigenvalue weighted by molar-refractivity contribution is 7.85. The van der Waals surface area contributed by atoms with Crippen molar-refractivity contribution in [1.82, 2.24) is 0 Å². The summed E-state index contributed by atoms with van der Waals surface area (Å²) in [5.74, 6) is 1.52. The average Bonchev–Trinajstić information content (AvgIpc) is 2.28. The highest BCUT2D eigenvalue weighted by atomic mass is 32.2. The summed E-state index contributed by atoms with van der Waals surface area (Å²) >= 11 is 0. The van der Waals surface area contributed by atoms with E-state index in [0.29, 0.717) is 11.0 Å². The first-order valence-electron chi connectivity index (χ1n) is 6.30. The molecule has 0 bridgehead atoms. The molecule has 1 saturated carbocycles. The summed E-state index contributed by atoms with van der Waals surface area (Å²) < 4.78 is 12.1. The van der Waals surface area contributed by atoms with E-state index in [1.807, 2.05) is 0 Å². The van der Waals surface area contributed by atoms with Crippen molar-refractivity contribution in [2.45, 2.75) is 63.7 Å². The van der Waals surface area contributed by atoms with Crippen LogP contribution in [0.1, 0.15) is 52.4 Å². The fraction of sp³-hybridized carbons (Fsp3) is 1.00. The summed E-state index contributed by atoms with van der Waals surface area (Å²) in [6.45, 7) is 4.31. The van der Waals surface area contributed by atoms with E-state index in [-0.39, 0.29) is 6.04 Å². The number of rotatable bonds is 5. The largest absolute Gasteiger partial charge is 0.327 e. The number of hydrogen-bond donors (Lipinski definition) is 1. The van der Waals surface area contributed by atoms with Crippen molar-refractivity contribution in [2.75, 3.05) is 5.75 Å². The van der Waals surface area contributed by atoms with Crippen molar-refractivity contribution in [1.29, 1.82) is 0 Å². The topological polar surface area (TPSA) is 43.1 Å². The van der Waals surface area contributed by atoms with Crippen molar-refractivity contribution in [3.05, 3.63) is 0 Å². The zero-order chi connectivity index (χ0) is 11.3. The van der Waals surface area contributed by atoms with E-state index in [1.165, 1.54) is 25.7 Å². The maximum Gasteiger partial charge on any atom is 0.0389 e. The van der Waals surface area contributed by atoms with Crippen LogP contribution in [0.15, 0.2) is 0 Å². The molecule has 1 fully saturated rings. The van der Waals surface area contributed by atoms with Crippen molar-refractivity contribution in [2.24, 2.45) is 11.7 Å². The lowest BCUT2D eigenvalue weighted by Gasteiger charge is -2.28. The molecule has 0 amide bonds. The molecule has 0 spiro atoms. The molecule has 4 unspecified atom stereocenters. The van der Waals surface area contributed by atoms with Gasteiger partial charge in [-0.2, -0.15) is 0 Å². The Morgan fingerprint density at radius 1 is 1.40 bits per heavy atom. The van der Waals surface area contributed by atoms with E-state index in [0.717, 1.165) is 18.8 Å². The molecule has 15 heavy (non-hydrogen) atoms. The molecule has 0 radical (unpaired) electrons. The third kappa shape index (κ3) is 4.23. The van der Waals surface area contributed by atoms with Crippen LogP contribution in [-0.4, -0.2) is 21.3 Å². The molecule has 0 aliphatic heterocycles. The van der Waals surface area contributed by atoms with Gasteiger partial charge in [0.1, 0.15) is 0 Å². The normalized spacial score (nSPS) is 31.1. The van der Waals surface area contributed by atoms with Gasteiger partial charge in [-0.25, -0.2) is 0 Å². The maximum absolute atomic E-state index is 12.1. The molecule has 0 aromatic rings. The fourth-order valence-corrected chi connectivity index (χ4v) is 4.16. The Morgan fingerprint density at radius 3 is 2.73 bits per heavy atom. The average molecular weight is 231 g/mol. The van der Waals surface area contributed by atoms with Crippen LogP contribution < -0.4 is 5.73 Å². The molecule has 1 aliphatic carbocycles. The van der Waals surface area contributed by atoms with Crippen LogP contribution in [0.5, 0.6) is 0 Å². The Kier molecular flexibility index (Phi) is 5.83. The minimum Gasteiger partial charge on any atom is -0.327 e. The summed E-state index contributed by atoms with van der Waals surface area (Å²) in [6.07, 6.45) is 7.10. The van der Waals surface area contributed by atoms with Gasteiger partial charge in [-0.15, -0.1) is 0 Å². The van der Waals surface area contributed by atoms with E-state index >= 15 is 0 Å². The highest BCUT2D eigenvalue weighted by Gasteiger charge is 2.25. The first-order valence-corrected chi connectivity index (χ1v) is 7.68. The zero-order valence-corrected chi connectivity index (χ0v) is 10.9. The van der Waals surface area contributed by atoms with Crippen LogP contribution in [0.3, 0.4) is 0 Å². The van der Waals surface area contributed by atoms with Crippen LogP contribution in [0, 0.1) is 5.92 Å². The summed E-state index contributed by atoms with van der Waals surface area (Å²) in [5.41, 5.74) is 5.85. The number of hydrogen-bond acceptors (Lipinski definition) is 2. The van der Waals surface area contributed by atoms with Crippen LogP contribution in [0.25, 0.3) is 0 Å². The van der Waals surface area contributed by atoms with Gasteiger partial charge in [-0.05, 0) is 25.2 Å². The van der Waals surface area contributed by atoms with Crippen LogP contribution in [0.4, 0.5) is 0 Å². The number of nitrogens with two attached hydrogens (primary N) is 1. The van der Waals surface area contributed by atoms with Gasteiger partial charge in [0.25, 0.3) is 0 Å². The predicted octanol–water partition coefficient (Wildman–Crippen LogP) is 2.44. The summed E-state index contributed by atoms with van der Waals surface area (Å²) in [4.78, 5) is 0. The molecule has 0 heterocycles. The maximum atomic E-state index is 12.1. The molecule has 4 atom stereocenters. The van der Waals surface area contributed by atoms with E-state index in [9.17, 15) is 4.21 Å². The van der Waals surface area contributed by atoms with E-state index in [1.54, 1.807) is 0 Å². The van der Waals surface area contributed by atoms with E-state index in [2.05, 4.69) is 13.8 Å². The highest BCUT2D eigenvalue weighted by Crippen LogP contribution is 2.29. The van der Waals surface area contributed by atoms with E-state index in [4.69, 9.17) is 5.73 Å². The predicted molar refractivity (Wildman–Crippen MR) is 67.3 cm³/mol. The quantitative estimate of drug-likeness (QED) is 0.790. The lowest BCUT2D eigenvalue weighted by molar-refractivity contribution is 0.353. The Bertz CT molecular complexity index is 208. The Labute approximate surface area is 96.5 Å². The third-order valence-corrected chi connectivity index (χ3v) is 5.51. The van der Waals surface area contributed by atoms with Gasteiger partial charge >= 0.3 is 0 Å². The van der Waals surface area contributed by atoms with Gasteiger partial charge < -0.3 is 5.73 Å². The van der Waals surface area contributed by atoms with Gasteiger partial charge in [0.2, 0.25) is 0 Å². The first kappa shape index (κ1) is 13.2. The SMILES string of the molecule is CCC(N)CS(=O)C1CCCC(CC)C1. The molecule has 0 saturated heterocycles. The van der Waals surface area contributed by atoms with Gasteiger partial charge in [0, 0.05) is 27.8 Å². The van der Waals surface area contributed by atoms with Crippen LogP contribution >= 0.6 is 0 Å². The molecular weight excluding hydrogens is 206 g/mol. The minimum absolute atomic E-state index is 0.132. The molecular formula is C12H25NOS. The third-order valence-electron chi connectivity index (χ3n) is 3.59. The van der Waals surface area contributed by atoms with Gasteiger partial charge in [0.15, 0.2) is 0 Å². The van der Waals surface area contributed by atoms with E-state index < -0.39 is 10.8 Å². The standard InChI is InChI=1S/C12H25NOS/c1-3-10-6-5-7-12(8-10)15(14)9-11(13)4-2/h10-12H,3-9,13H2,1-2H3.